The molecule has 1 N–H and O–H groups in total. The summed E-state index contributed by atoms with van der Waals surface area (Å²) in [4.78, 5) is 12.9. The number of hydrogen-bond donors (Lipinski definition) is 1. The summed E-state index contributed by atoms with van der Waals surface area (Å²) >= 11 is 6.49. The molecule has 2 aliphatic rings. The van der Waals surface area contributed by atoms with Crippen molar-refractivity contribution >= 4 is 17.5 Å². The monoisotopic (exact) mass is 412 g/mol. The quantitative estimate of drug-likeness (QED) is 0.709. The van der Waals surface area contributed by atoms with Crippen LogP contribution >= 0.6 is 11.6 Å². The Hall–Kier alpha value is -2.64. The Morgan fingerprint density at radius 1 is 1.31 bits per heavy atom. The number of carbonyl (C=O) groups excluding carboxylic acids is 1. The lowest BCUT2D eigenvalue weighted by molar-refractivity contribution is 0.0682. The molecule has 1 aliphatic heterocycles. The first-order chi connectivity index (χ1) is 14.1. The minimum atomic E-state index is -0.306. The summed E-state index contributed by atoms with van der Waals surface area (Å²) in [5.74, 6) is 0.601. The third kappa shape index (κ3) is 3.14. The Labute approximate surface area is 173 Å². The SMILES string of the molecule is Cc1cccc(-n2ncc3c2COCC3NC(=O)c2noc3c2CCCC3)c1Cl. The lowest BCUT2D eigenvalue weighted by Crippen LogP contribution is -2.35. The minimum Gasteiger partial charge on any atom is -0.373 e. The molecule has 150 valence electrons. The molecule has 1 aromatic carbocycles. The summed E-state index contributed by atoms with van der Waals surface area (Å²) in [5.41, 5.74) is 4.92. The van der Waals surface area contributed by atoms with Crippen molar-refractivity contribution in [2.45, 2.75) is 45.3 Å². The Morgan fingerprint density at radius 3 is 3.07 bits per heavy atom. The fourth-order valence-electron chi connectivity index (χ4n) is 4.10. The summed E-state index contributed by atoms with van der Waals surface area (Å²) in [5, 5.41) is 12.3. The number of fused-ring (bicyclic) bond motifs is 2. The molecule has 29 heavy (non-hydrogen) atoms. The molecule has 0 saturated carbocycles. The van der Waals surface area contributed by atoms with Crippen LogP contribution in [0.1, 0.15) is 57.5 Å². The van der Waals surface area contributed by atoms with Gasteiger partial charge >= 0.3 is 0 Å². The number of benzene rings is 1. The van der Waals surface area contributed by atoms with Crippen LogP contribution in [0.2, 0.25) is 5.02 Å². The number of nitrogens with one attached hydrogen (secondary N) is 1. The summed E-state index contributed by atoms with van der Waals surface area (Å²) in [6.07, 6.45) is 5.58. The first-order valence-electron chi connectivity index (χ1n) is 9.82. The first-order valence-corrected chi connectivity index (χ1v) is 10.2. The minimum absolute atomic E-state index is 0.236. The van der Waals surface area contributed by atoms with Crippen LogP contribution in [0.3, 0.4) is 0 Å². The van der Waals surface area contributed by atoms with Crippen molar-refractivity contribution in [2.75, 3.05) is 6.61 Å². The number of amides is 1. The van der Waals surface area contributed by atoms with Gasteiger partial charge in [0.15, 0.2) is 5.69 Å². The standard InChI is InChI=1S/C21H21ClN4O3/c1-12-5-4-7-16(19(12)22)26-17-11-28-10-15(14(17)9-23-26)24-21(27)20-13-6-2-3-8-18(13)29-25-20/h4-5,7,9,15H,2-3,6,8,10-11H2,1H3,(H,24,27). The smallest absolute Gasteiger partial charge is 0.274 e. The number of ether oxygens (including phenoxy) is 1. The van der Waals surface area contributed by atoms with E-state index in [9.17, 15) is 4.79 Å². The second-order valence-electron chi connectivity index (χ2n) is 7.55. The Balaban J connectivity index is 1.43. The van der Waals surface area contributed by atoms with Crippen LogP contribution in [0.25, 0.3) is 5.69 Å². The van der Waals surface area contributed by atoms with E-state index in [0.29, 0.717) is 23.9 Å². The van der Waals surface area contributed by atoms with E-state index < -0.39 is 0 Å². The van der Waals surface area contributed by atoms with Crippen molar-refractivity contribution in [1.29, 1.82) is 0 Å². The molecule has 1 amide bonds. The maximum absolute atomic E-state index is 12.9. The van der Waals surface area contributed by atoms with Crippen molar-refractivity contribution in [3.05, 3.63) is 63.3 Å². The van der Waals surface area contributed by atoms with Crippen LogP contribution in [0.4, 0.5) is 0 Å². The highest BCUT2D eigenvalue weighted by Crippen LogP contribution is 2.31. The highest BCUT2D eigenvalue weighted by atomic mass is 35.5. The number of carbonyl (C=O) groups is 1. The molecule has 1 unspecified atom stereocenters. The van der Waals surface area contributed by atoms with Gasteiger partial charge in [-0.05, 0) is 37.8 Å². The lowest BCUT2D eigenvalue weighted by Gasteiger charge is -2.24. The fourth-order valence-corrected chi connectivity index (χ4v) is 4.30. The van der Waals surface area contributed by atoms with Gasteiger partial charge < -0.3 is 14.6 Å². The Kier molecular flexibility index (Phi) is 4.64. The average Bonchev–Trinajstić information content (AvgIpc) is 3.35. The van der Waals surface area contributed by atoms with Crippen LogP contribution in [-0.2, 0) is 24.2 Å². The zero-order valence-corrected chi connectivity index (χ0v) is 16.8. The average molecular weight is 413 g/mol. The van der Waals surface area contributed by atoms with Crippen molar-refractivity contribution in [1.82, 2.24) is 20.3 Å². The molecule has 8 heteroatoms. The molecule has 0 fully saturated rings. The van der Waals surface area contributed by atoms with E-state index in [4.69, 9.17) is 20.9 Å². The van der Waals surface area contributed by atoms with Crippen LogP contribution in [0.5, 0.6) is 0 Å². The lowest BCUT2D eigenvalue weighted by atomic mass is 9.96. The van der Waals surface area contributed by atoms with Gasteiger partial charge in [-0.25, -0.2) is 4.68 Å². The molecule has 0 spiro atoms. The third-order valence-electron chi connectivity index (χ3n) is 5.67. The maximum atomic E-state index is 12.9. The summed E-state index contributed by atoms with van der Waals surface area (Å²) in [7, 11) is 0. The summed E-state index contributed by atoms with van der Waals surface area (Å²) in [6, 6.07) is 5.52. The number of hydrogen-bond acceptors (Lipinski definition) is 5. The van der Waals surface area contributed by atoms with E-state index in [1.54, 1.807) is 10.9 Å². The molecule has 0 radical (unpaired) electrons. The molecular weight excluding hydrogens is 392 g/mol. The van der Waals surface area contributed by atoms with Crippen molar-refractivity contribution in [3.63, 3.8) is 0 Å². The maximum Gasteiger partial charge on any atom is 0.274 e. The van der Waals surface area contributed by atoms with Gasteiger partial charge in [0, 0.05) is 17.5 Å². The molecule has 0 bridgehead atoms. The van der Waals surface area contributed by atoms with Gasteiger partial charge in [-0.15, -0.1) is 0 Å². The third-order valence-corrected chi connectivity index (χ3v) is 6.16. The van der Waals surface area contributed by atoms with Crippen molar-refractivity contribution < 1.29 is 14.1 Å². The Morgan fingerprint density at radius 2 is 2.17 bits per heavy atom. The predicted octanol–water partition coefficient (Wildman–Crippen LogP) is 3.70. The van der Waals surface area contributed by atoms with Crippen molar-refractivity contribution in [2.24, 2.45) is 0 Å². The zero-order chi connectivity index (χ0) is 20.0. The van der Waals surface area contributed by atoms with Crippen molar-refractivity contribution in [3.8, 4) is 5.69 Å². The van der Waals surface area contributed by atoms with E-state index in [0.717, 1.165) is 59.5 Å². The van der Waals surface area contributed by atoms with E-state index in [1.165, 1.54) is 0 Å². The second-order valence-corrected chi connectivity index (χ2v) is 7.93. The fraction of sp³-hybridized carbons (Fsp3) is 0.381. The largest absolute Gasteiger partial charge is 0.373 e. The van der Waals surface area contributed by atoms with Gasteiger partial charge in [-0.3, -0.25) is 4.79 Å². The van der Waals surface area contributed by atoms with Gasteiger partial charge in [0.1, 0.15) is 5.76 Å². The Bertz CT molecular complexity index is 1090. The molecule has 5 rings (SSSR count). The molecule has 1 aliphatic carbocycles. The number of halogens is 1. The number of aryl methyl sites for hydroxylation is 2. The number of rotatable bonds is 3. The van der Waals surface area contributed by atoms with E-state index in [-0.39, 0.29) is 11.9 Å². The summed E-state index contributed by atoms with van der Waals surface area (Å²) < 4.78 is 12.9. The van der Waals surface area contributed by atoms with E-state index in [1.807, 2.05) is 25.1 Å². The number of aromatic nitrogens is 3. The molecule has 2 aromatic heterocycles. The van der Waals surface area contributed by atoms with Gasteiger partial charge in [0.2, 0.25) is 0 Å². The molecule has 1 atom stereocenters. The number of nitrogens with zero attached hydrogens (tertiary/aromatic N) is 3. The van der Waals surface area contributed by atoms with Gasteiger partial charge in [-0.1, -0.05) is 28.9 Å². The van der Waals surface area contributed by atoms with Gasteiger partial charge in [0.25, 0.3) is 5.91 Å². The highest BCUT2D eigenvalue weighted by Gasteiger charge is 2.30. The molecule has 7 nitrogen and oxygen atoms in total. The second kappa shape index (κ2) is 7.31. The van der Waals surface area contributed by atoms with Gasteiger partial charge in [0.05, 0.1) is 41.9 Å². The normalized spacial score (nSPS) is 18.2. The molecule has 3 aromatic rings. The van der Waals surface area contributed by atoms with Crippen LogP contribution in [-0.4, -0.2) is 27.5 Å². The molecular formula is C21H21ClN4O3. The topological polar surface area (TPSA) is 82.2 Å². The zero-order valence-electron chi connectivity index (χ0n) is 16.1. The highest BCUT2D eigenvalue weighted by molar-refractivity contribution is 6.33. The first kappa shape index (κ1) is 18.4. The van der Waals surface area contributed by atoms with Crippen LogP contribution in [0.15, 0.2) is 28.9 Å². The van der Waals surface area contributed by atoms with E-state index in [2.05, 4.69) is 15.6 Å². The molecule has 3 heterocycles. The van der Waals surface area contributed by atoms with E-state index >= 15 is 0 Å². The summed E-state index contributed by atoms with van der Waals surface area (Å²) in [6.45, 7) is 2.75. The molecule has 0 saturated heterocycles. The van der Waals surface area contributed by atoms with Crippen LogP contribution < -0.4 is 5.32 Å². The predicted molar refractivity (Wildman–Crippen MR) is 106 cm³/mol. The van der Waals surface area contributed by atoms with Gasteiger partial charge in [-0.2, -0.15) is 5.10 Å². The van der Waals surface area contributed by atoms with Crippen LogP contribution in [0, 0.1) is 6.92 Å².